The predicted octanol–water partition coefficient (Wildman–Crippen LogP) is 6.36. The molecule has 0 unspecified atom stereocenters. The molecule has 0 radical (unpaired) electrons. The molecular weight excluding hydrogens is 419 g/mol. The Bertz CT molecular complexity index is 1060. The van der Waals surface area contributed by atoms with Crippen LogP contribution >= 0.6 is 27.5 Å². The number of ether oxygens (including phenoxy) is 1. The zero-order chi connectivity index (χ0) is 18.1. The van der Waals surface area contributed by atoms with Crippen LogP contribution in [-0.4, -0.2) is 9.97 Å². The van der Waals surface area contributed by atoms with E-state index in [2.05, 4.69) is 25.9 Å². The van der Waals surface area contributed by atoms with E-state index in [0.717, 1.165) is 21.1 Å². The number of para-hydroxylation sites is 2. The van der Waals surface area contributed by atoms with Gasteiger partial charge < -0.3 is 9.72 Å². The van der Waals surface area contributed by atoms with Gasteiger partial charge in [0.05, 0.1) is 21.6 Å². The number of hydrogen-bond acceptors (Lipinski definition) is 2. The average molecular weight is 432 g/mol. The quantitative estimate of drug-likeness (QED) is 0.408. The fourth-order valence-electron chi connectivity index (χ4n) is 2.69. The maximum absolute atomic E-state index is 13.2. The van der Waals surface area contributed by atoms with Gasteiger partial charge in [-0.25, -0.2) is 9.37 Å². The summed E-state index contributed by atoms with van der Waals surface area (Å²) in [5.41, 5.74) is 3.38. The van der Waals surface area contributed by atoms with Crippen LogP contribution in [0.4, 0.5) is 4.39 Å². The van der Waals surface area contributed by atoms with Crippen LogP contribution in [-0.2, 0) is 6.61 Å². The van der Waals surface area contributed by atoms with Crippen LogP contribution in [0, 0.1) is 5.82 Å². The number of aromatic nitrogens is 2. The van der Waals surface area contributed by atoms with E-state index >= 15 is 0 Å². The van der Waals surface area contributed by atoms with E-state index in [-0.39, 0.29) is 12.4 Å². The molecule has 6 heteroatoms. The number of aromatic amines is 1. The molecule has 0 amide bonds. The number of hydrogen-bond donors (Lipinski definition) is 1. The summed E-state index contributed by atoms with van der Waals surface area (Å²) in [6.07, 6.45) is 0. The summed E-state index contributed by atoms with van der Waals surface area (Å²) in [6, 6.07) is 17.8. The van der Waals surface area contributed by atoms with Crippen molar-refractivity contribution in [1.29, 1.82) is 0 Å². The highest BCUT2D eigenvalue weighted by atomic mass is 79.9. The Morgan fingerprint density at radius 3 is 2.73 bits per heavy atom. The van der Waals surface area contributed by atoms with E-state index in [0.29, 0.717) is 22.2 Å². The van der Waals surface area contributed by atoms with Crippen molar-refractivity contribution in [1.82, 2.24) is 9.97 Å². The summed E-state index contributed by atoms with van der Waals surface area (Å²) < 4.78 is 20.1. The fourth-order valence-corrected chi connectivity index (χ4v) is 3.27. The molecular formula is C20H13BrClFN2O. The lowest BCUT2D eigenvalue weighted by Crippen LogP contribution is -1.99. The van der Waals surface area contributed by atoms with Gasteiger partial charge in [-0.05, 0) is 42.5 Å². The zero-order valence-electron chi connectivity index (χ0n) is 13.5. The van der Waals surface area contributed by atoms with E-state index in [1.165, 1.54) is 12.1 Å². The molecule has 0 spiro atoms. The highest BCUT2D eigenvalue weighted by Gasteiger charge is 2.13. The first-order chi connectivity index (χ1) is 12.6. The third-order valence-electron chi connectivity index (χ3n) is 3.98. The number of halogens is 3. The largest absolute Gasteiger partial charge is 0.488 e. The maximum atomic E-state index is 13.2. The molecule has 130 valence electrons. The van der Waals surface area contributed by atoms with Crippen molar-refractivity contribution in [2.75, 3.05) is 0 Å². The lowest BCUT2D eigenvalue weighted by atomic mass is 10.2. The van der Waals surface area contributed by atoms with Gasteiger partial charge in [-0.15, -0.1) is 0 Å². The Morgan fingerprint density at radius 1 is 1.08 bits per heavy atom. The summed E-state index contributed by atoms with van der Waals surface area (Å²) in [6.45, 7) is 0.230. The Balaban J connectivity index is 1.68. The molecule has 0 aliphatic rings. The molecule has 3 nitrogen and oxygen atoms in total. The van der Waals surface area contributed by atoms with Crippen LogP contribution in [0.25, 0.3) is 22.4 Å². The number of nitrogens with zero attached hydrogens (tertiary/aromatic N) is 1. The maximum Gasteiger partial charge on any atom is 0.142 e. The van der Waals surface area contributed by atoms with Crippen molar-refractivity contribution in [2.24, 2.45) is 0 Å². The van der Waals surface area contributed by atoms with Crippen LogP contribution in [0.15, 0.2) is 65.1 Å². The number of benzene rings is 3. The van der Waals surface area contributed by atoms with Gasteiger partial charge in [-0.1, -0.05) is 45.7 Å². The third-order valence-corrected chi connectivity index (χ3v) is 4.83. The zero-order valence-corrected chi connectivity index (χ0v) is 15.8. The van der Waals surface area contributed by atoms with Crippen molar-refractivity contribution in [3.8, 4) is 17.1 Å². The lowest BCUT2D eigenvalue weighted by molar-refractivity contribution is 0.307. The summed E-state index contributed by atoms with van der Waals surface area (Å²) in [7, 11) is 0. The van der Waals surface area contributed by atoms with Crippen LogP contribution in [0.3, 0.4) is 0 Å². The summed E-state index contributed by atoms with van der Waals surface area (Å²) in [5.74, 6) is 1.01. The average Bonchev–Trinajstić information content (AvgIpc) is 3.06. The minimum absolute atomic E-state index is 0.230. The number of imidazole rings is 1. The fraction of sp³-hybridized carbons (Fsp3) is 0.0500. The first-order valence-electron chi connectivity index (χ1n) is 7.91. The second kappa shape index (κ2) is 7.09. The van der Waals surface area contributed by atoms with Crippen LogP contribution in [0.1, 0.15) is 5.56 Å². The minimum Gasteiger partial charge on any atom is -0.488 e. The lowest BCUT2D eigenvalue weighted by Gasteiger charge is -2.12. The minimum atomic E-state index is -0.370. The molecule has 4 rings (SSSR count). The van der Waals surface area contributed by atoms with Crippen LogP contribution in [0.2, 0.25) is 5.02 Å². The van der Waals surface area contributed by atoms with Crippen molar-refractivity contribution in [3.05, 3.63) is 81.5 Å². The number of fused-ring (bicyclic) bond motifs is 1. The molecule has 1 heterocycles. The highest BCUT2D eigenvalue weighted by Crippen LogP contribution is 2.33. The molecule has 0 aliphatic heterocycles. The number of rotatable bonds is 4. The molecule has 0 aliphatic carbocycles. The van der Waals surface area contributed by atoms with Crippen molar-refractivity contribution < 1.29 is 9.13 Å². The van der Waals surface area contributed by atoms with Crippen molar-refractivity contribution >= 4 is 38.6 Å². The number of nitrogens with one attached hydrogen (secondary N) is 1. The first kappa shape index (κ1) is 17.1. The topological polar surface area (TPSA) is 37.9 Å². The molecule has 0 atom stereocenters. The van der Waals surface area contributed by atoms with Gasteiger partial charge in [0.1, 0.15) is 24.0 Å². The van der Waals surface area contributed by atoms with Crippen LogP contribution < -0.4 is 4.74 Å². The van der Waals surface area contributed by atoms with E-state index in [9.17, 15) is 4.39 Å². The normalized spacial score (nSPS) is 11.0. The second-order valence-electron chi connectivity index (χ2n) is 5.77. The summed E-state index contributed by atoms with van der Waals surface area (Å²) in [4.78, 5) is 7.95. The van der Waals surface area contributed by atoms with Gasteiger partial charge >= 0.3 is 0 Å². The van der Waals surface area contributed by atoms with E-state index in [4.69, 9.17) is 16.3 Å². The van der Waals surface area contributed by atoms with Crippen LogP contribution in [0.5, 0.6) is 5.75 Å². The van der Waals surface area contributed by atoms with Gasteiger partial charge in [0.2, 0.25) is 0 Å². The standard InChI is InChI=1S/C20H13BrClFN2O/c21-13-6-8-19(26-11-12-5-7-14(23)10-16(12)22)15(9-13)20-24-17-3-1-2-4-18(17)25-20/h1-10H,11H2,(H,24,25). The summed E-state index contributed by atoms with van der Waals surface area (Å²) in [5, 5.41) is 0.340. The van der Waals surface area contributed by atoms with Crippen molar-refractivity contribution in [2.45, 2.75) is 6.61 Å². The van der Waals surface area contributed by atoms with E-state index < -0.39 is 0 Å². The van der Waals surface area contributed by atoms with E-state index in [1.807, 2.05) is 42.5 Å². The van der Waals surface area contributed by atoms with Gasteiger partial charge in [0.25, 0.3) is 0 Å². The van der Waals surface area contributed by atoms with Gasteiger partial charge in [0.15, 0.2) is 0 Å². The highest BCUT2D eigenvalue weighted by molar-refractivity contribution is 9.10. The van der Waals surface area contributed by atoms with E-state index in [1.54, 1.807) is 6.07 Å². The molecule has 4 aromatic rings. The molecule has 0 fully saturated rings. The molecule has 0 saturated carbocycles. The number of H-pyrrole nitrogens is 1. The Kier molecular flexibility index (Phi) is 4.66. The molecule has 3 aromatic carbocycles. The Labute approximate surface area is 162 Å². The first-order valence-corrected chi connectivity index (χ1v) is 9.08. The smallest absolute Gasteiger partial charge is 0.142 e. The van der Waals surface area contributed by atoms with Gasteiger partial charge in [-0.2, -0.15) is 0 Å². The molecule has 0 saturated heterocycles. The van der Waals surface area contributed by atoms with Gasteiger partial charge in [-0.3, -0.25) is 0 Å². The SMILES string of the molecule is Fc1ccc(COc2ccc(Br)cc2-c2nc3ccccc3[nH]2)c(Cl)c1. The Hall–Kier alpha value is -2.37. The predicted molar refractivity (Wildman–Crippen MR) is 105 cm³/mol. The molecule has 26 heavy (non-hydrogen) atoms. The Morgan fingerprint density at radius 2 is 1.92 bits per heavy atom. The second-order valence-corrected chi connectivity index (χ2v) is 7.09. The monoisotopic (exact) mass is 430 g/mol. The van der Waals surface area contributed by atoms with Gasteiger partial charge in [0, 0.05) is 10.0 Å². The molecule has 1 aromatic heterocycles. The third kappa shape index (κ3) is 3.45. The van der Waals surface area contributed by atoms with Crippen molar-refractivity contribution in [3.63, 3.8) is 0 Å². The summed E-state index contributed by atoms with van der Waals surface area (Å²) >= 11 is 9.58. The molecule has 1 N–H and O–H groups in total. The molecule has 0 bridgehead atoms.